The van der Waals surface area contributed by atoms with Crippen LogP contribution in [-0.4, -0.2) is 58.7 Å². The molecule has 0 fully saturated rings. The van der Waals surface area contributed by atoms with Gasteiger partial charge in [-0.15, -0.1) is 0 Å². The third-order valence-corrected chi connectivity index (χ3v) is 4.33. The highest BCUT2D eigenvalue weighted by atomic mass is 16.5. The van der Waals surface area contributed by atoms with E-state index in [1.165, 1.54) is 38.4 Å². The molecule has 0 bridgehead atoms. The minimum Gasteiger partial charge on any atom is -0.497 e. The smallest absolute Gasteiger partial charge is 0.251 e. The van der Waals surface area contributed by atoms with Crippen LogP contribution >= 0.6 is 0 Å². The number of hydrogen-bond donors (Lipinski definition) is 1. The highest BCUT2D eigenvalue weighted by Crippen LogP contribution is 2.38. The second-order valence-electron chi connectivity index (χ2n) is 6.19. The molecule has 2 aromatic carbocycles. The van der Waals surface area contributed by atoms with Crippen molar-refractivity contribution in [3.05, 3.63) is 47.5 Å². The van der Waals surface area contributed by atoms with E-state index in [0.29, 0.717) is 29.4 Å². The van der Waals surface area contributed by atoms with Gasteiger partial charge in [-0.25, -0.2) is 0 Å². The van der Waals surface area contributed by atoms with E-state index in [4.69, 9.17) is 18.9 Å². The van der Waals surface area contributed by atoms with Crippen molar-refractivity contribution in [3.63, 3.8) is 0 Å². The molecule has 0 aromatic heterocycles. The SMILES string of the molecule is COc1ccc(CN(C)C(=O)CNC(=O)c2cc(OC)c(OC)c(OC)c2)cc1. The minimum absolute atomic E-state index is 0.137. The molecular formula is C21H26N2O6. The van der Waals surface area contributed by atoms with Crippen molar-refractivity contribution >= 4 is 11.8 Å². The van der Waals surface area contributed by atoms with Crippen LogP contribution < -0.4 is 24.3 Å². The summed E-state index contributed by atoms with van der Waals surface area (Å²) in [6.45, 7) is 0.283. The van der Waals surface area contributed by atoms with Crippen LogP contribution in [-0.2, 0) is 11.3 Å². The molecular weight excluding hydrogens is 376 g/mol. The summed E-state index contributed by atoms with van der Waals surface area (Å²) in [5, 5.41) is 2.62. The Kier molecular flexibility index (Phi) is 7.70. The van der Waals surface area contributed by atoms with Crippen LogP contribution in [0.5, 0.6) is 23.0 Å². The molecule has 156 valence electrons. The van der Waals surface area contributed by atoms with Gasteiger partial charge in [0.2, 0.25) is 11.7 Å². The van der Waals surface area contributed by atoms with Crippen LogP contribution in [0.2, 0.25) is 0 Å². The zero-order valence-electron chi connectivity index (χ0n) is 17.3. The van der Waals surface area contributed by atoms with Crippen LogP contribution in [0.15, 0.2) is 36.4 Å². The molecule has 2 aromatic rings. The molecule has 8 heteroatoms. The van der Waals surface area contributed by atoms with Crippen LogP contribution in [0, 0.1) is 0 Å². The second kappa shape index (κ2) is 10.2. The molecule has 2 rings (SSSR count). The fourth-order valence-electron chi connectivity index (χ4n) is 2.70. The van der Waals surface area contributed by atoms with Crippen molar-refractivity contribution in [1.29, 1.82) is 0 Å². The van der Waals surface area contributed by atoms with Gasteiger partial charge in [0.1, 0.15) is 5.75 Å². The number of likely N-dealkylation sites (N-methyl/N-ethyl adjacent to an activating group) is 1. The van der Waals surface area contributed by atoms with Gasteiger partial charge in [0.05, 0.1) is 35.0 Å². The predicted molar refractivity (Wildman–Crippen MR) is 108 cm³/mol. The summed E-state index contributed by atoms with van der Waals surface area (Å²) in [5.74, 6) is 1.22. The molecule has 0 saturated heterocycles. The fraction of sp³-hybridized carbons (Fsp3) is 0.333. The Morgan fingerprint density at radius 2 is 1.48 bits per heavy atom. The summed E-state index contributed by atoms with van der Waals surface area (Å²) >= 11 is 0. The van der Waals surface area contributed by atoms with E-state index < -0.39 is 5.91 Å². The van der Waals surface area contributed by atoms with Gasteiger partial charge in [-0.1, -0.05) is 12.1 Å². The van der Waals surface area contributed by atoms with Gasteiger partial charge in [-0.3, -0.25) is 9.59 Å². The van der Waals surface area contributed by atoms with Gasteiger partial charge in [0, 0.05) is 19.2 Å². The molecule has 0 atom stereocenters. The number of nitrogens with zero attached hydrogens (tertiary/aromatic N) is 1. The maximum atomic E-state index is 12.5. The third kappa shape index (κ3) is 5.54. The zero-order chi connectivity index (χ0) is 21.4. The van der Waals surface area contributed by atoms with E-state index >= 15 is 0 Å². The number of amides is 2. The average molecular weight is 402 g/mol. The minimum atomic E-state index is -0.421. The number of nitrogens with one attached hydrogen (secondary N) is 1. The molecule has 0 spiro atoms. The Morgan fingerprint density at radius 3 is 1.97 bits per heavy atom. The first-order valence-corrected chi connectivity index (χ1v) is 8.88. The summed E-state index contributed by atoms with van der Waals surface area (Å²) < 4.78 is 20.9. The molecule has 0 aliphatic rings. The van der Waals surface area contributed by atoms with Crippen molar-refractivity contribution < 1.29 is 28.5 Å². The van der Waals surface area contributed by atoms with Crippen molar-refractivity contribution in [2.75, 3.05) is 42.0 Å². The van der Waals surface area contributed by atoms with Gasteiger partial charge in [-0.2, -0.15) is 0 Å². The maximum absolute atomic E-state index is 12.5. The Morgan fingerprint density at radius 1 is 0.897 bits per heavy atom. The summed E-state index contributed by atoms with van der Waals surface area (Å²) in [5.41, 5.74) is 1.25. The molecule has 0 aliphatic carbocycles. The van der Waals surface area contributed by atoms with Crippen molar-refractivity contribution in [3.8, 4) is 23.0 Å². The number of carbonyl (C=O) groups excluding carboxylic acids is 2. The van der Waals surface area contributed by atoms with Crippen LogP contribution in [0.1, 0.15) is 15.9 Å². The van der Waals surface area contributed by atoms with E-state index in [1.807, 2.05) is 24.3 Å². The van der Waals surface area contributed by atoms with E-state index in [-0.39, 0.29) is 12.5 Å². The molecule has 0 saturated carbocycles. The molecule has 0 aliphatic heterocycles. The monoisotopic (exact) mass is 402 g/mol. The van der Waals surface area contributed by atoms with Gasteiger partial charge in [-0.05, 0) is 29.8 Å². The van der Waals surface area contributed by atoms with E-state index in [1.54, 1.807) is 14.2 Å². The van der Waals surface area contributed by atoms with Crippen molar-refractivity contribution in [2.45, 2.75) is 6.54 Å². The van der Waals surface area contributed by atoms with Crippen LogP contribution in [0.25, 0.3) is 0 Å². The highest BCUT2D eigenvalue weighted by molar-refractivity contribution is 5.97. The Balaban J connectivity index is 1.99. The standard InChI is InChI=1S/C21H26N2O6/c1-23(13-14-6-8-16(26-2)9-7-14)19(24)12-22-21(25)15-10-17(27-3)20(29-5)18(11-15)28-4/h6-11H,12-13H2,1-5H3,(H,22,25). The molecule has 0 radical (unpaired) electrons. The fourth-order valence-corrected chi connectivity index (χ4v) is 2.70. The lowest BCUT2D eigenvalue weighted by Gasteiger charge is -2.18. The lowest BCUT2D eigenvalue weighted by atomic mass is 10.1. The van der Waals surface area contributed by atoms with Crippen LogP contribution in [0.3, 0.4) is 0 Å². The topological polar surface area (TPSA) is 86.3 Å². The number of methoxy groups -OCH3 is 4. The number of hydrogen-bond acceptors (Lipinski definition) is 6. The Hall–Kier alpha value is -3.42. The number of benzene rings is 2. The summed E-state index contributed by atoms with van der Waals surface area (Å²) in [6, 6.07) is 10.5. The first kappa shape index (κ1) is 21.9. The lowest BCUT2D eigenvalue weighted by Crippen LogP contribution is -2.37. The Bertz CT molecular complexity index is 826. The normalized spacial score (nSPS) is 10.1. The third-order valence-electron chi connectivity index (χ3n) is 4.33. The number of carbonyl (C=O) groups is 2. The van der Waals surface area contributed by atoms with E-state index in [0.717, 1.165) is 11.3 Å². The van der Waals surface area contributed by atoms with Crippen molar-refractivity contribution in [1.82, 2.24) is 10.2 Å². The second-order valence-corrected chi connectivity index (χ2v) is 6.19. The van der Waals surface area contributed by atoms with Gasteiger partial charge in [0.25, 0.3) is 5.91 Å². The highest BCUT2D eigenvalue weighted by Gasteiger charge is 2.18. The quantitative estimate of drug-likeness (QED) is 0.691. The predicted octanol–water partition coefficient (Wildman–Crippen LogP) is 2.11. The van der Waals surface area contributed by atoms with Gasteiger partial charge < -0.3 is 29.2 Å². The zero-order valence-corrected chi connectivity index (χ0v) is 17.3. The largest absolute Gasteiger partial charge is 0.497 e. The first-order valence-electron chi connectivity index (χ1n) is 8.88. The first-order chi connectivity index (χ1) is 13.9. The summed E-state index contributed by atoms with van der Waals surface area (Å²) in [4.78, 5) is 26.4. The number of rotatable bonds is 9. The lowest BCUT2D eigenvalue weighted by molar-refractivity contribution is -0.129. The van der Waals surface area contributed by atoms with Gasteiger partial charge >= 0.3 is 0 Å². The Labute approximate surface area is 170 Å². The van der Waals surface area contributed by atoms with E-state index in [9.17, 15) is 9.59 Å². The average Bonchev–Trinajstić information content (AvgIpc) is 2.76. The number of ether oxygens (including phenoxy) is 4. The van der Waals surface area contributed by atoms with Crippen molar-refractivity contribution in [2.24, 2.45) is 0 Å². The van der Waals surface area contributed by atoms with Gasteiger partial charge in [0.15, 0.2) is 11.5 Å². The molecule has 29 heavy (non-hydrogen) atoms. The molecule has 1 N–H and O–H groups in total. The van der Waals surface area contributed by atoms with Crippen LogP contribution in [0.4, 0.5) is 0 Å². The summed E-state index contributed by atoms with van der Waals surface area (Å²) in [6.07, 6.45) is 0. The molecule has 0 unspecified atom stereocenters. The maximum Gasteiger partial charge on any atom is 0.251 e. The molecule has 8 nitrogen and oxygen atoms in total. The summed E-state index contributed by atoms with van der Waals surface area (Å²) in [7, 11) is 7.70. The molecule has 0 heterocycles. The van der Waals surface area contributed by atoms with E-state index in [2.05, 4.69) is 5.32 Å². The molecule has 2 amide bonds.